The Hall–Kier alpha value is -2.72. The molecule has 0 aliphatic carbocycles. The van der Waals surface area contributed by atoms with Gasteiger partial charge in [0.15, 0.2) is 6.61 Å². The number of benzene rings is 3. The molecular weight excluding hydrogens is 350 g/mol. The van der Waals surface area contributed by atoms with E-state index in [0.29, 0.717) is 10.8 Å². The topological polar surface area (TPSA) is 47.6 Å². The fraction of sp³-hybridized carbons (Fsp3) is 0.190. The number of ether oxygens (including phenoxy) is 2. The van der Waals surface area contributed by atoms with Crippen LogP contribution in [0.2, 0.25) is 5.02 Å². The number of carbonyl (C=O) groups excluding carboxylic acids is 1. The second-order valence-corrected chi connectivity index (χ2v) is 6.44. The van der Waals surface area contributed by atoms with Gasteiger partial charge in [-0.3, -0.25) is 4.79 Å². The number of rotatable bonds is 6. The van der Waals surface area contributed by atoms with Crippen molar-refractivity contribution in [1.82, 2.24) is 5.32 Å². The van der Waals surface area contributed by atoms with Crippen LogP contribution in [0.15, 0.2) is 60.7 Å². The lowest BCUT2D eigenvalue weighted by Crippen LogP contribution is -2.31. The van der Waals surface area contributed by atoms with Crippen molar-refractivity contribution in [3.63, 3.8) is 0 Å². The van der Waals surface area contributed by atoms with Crippen molar-refractivity contribution < 1.29 is 14.3 Å². The van der Waals surface area contributed by atoms with Gasteiger partial charge >= 0.3 is 0 Å². The molecule has 0 radical (unpaired) electrons. The fourth-order valence-corrected chi connectivity index (χ4v) is 2.81. The van der Waals surface area contributed by atoms with Crippen LogP contribution < -0.4 is 14.8 Å². The van der Waals surface area contributed by atoms with Crippen molar-refractivity contribution in [2.24, 2.45) is 0 Å². The number of methoxy groups -OCH3 is 1. The van der Waals surface area contributed by atoms with Gasteiger partial charge in [0.2, 0.25) is 0 Å². The van der Waals surface area contributed by atoms with Crippen LogP contribution in [-0.4, -0.2) is 19.6 Å². The van der Waals surface area contributed by atoms with Crippen LogP contribution in [-0.2, 0) is 4.79 Å². The Bertz CT molecular complexity index is 909. The third-order valence-corrected chi connectivity index (χ3v) is 4.39. The normalized spacial score (nSPS) is 11.8. The first-order valence-electron chi connectivity index (χ1n) is 8.30. The molecule has 1 atom stereocenters. The first-order chi connectivity index (χ1) is 12.5. The predicted octanol–water partition coefficient (Wildman–Crippen LogP) is 4.76. The van der Waals surface area contributed by atoms with E-state index in [4.69, 9.17) is 21.1 Å². The van der Waals surface area contributed by atoms with E-state index in [1.165, 1.54) is 0 Å². The quantitative estimate of drug-likeness (QED) is 0.681. The Labute approximate surface area is 157 Å². The number of fused-ring (bicyclic) bond motifs is 1. The van der Waals surface area contributed by atoms with Crippen molar-refractivity contribution in [2.75, 3.05) is 13.7 Å². The average molecular weight is 370 g/mol. The minimum atomic E-state index is -0.182. The Morgan fingerprint density at radius 2 is 1.65 bits per heavy atom. The van der Waals surface area contributed by atoms with E-state index in [1.54, 1.807) is 19.2 Å². The van der Waals surface area contributed by atoms with Gasteiger partial charge in [-0.15, -0.1) is 0 Å². The van der Waals surface area contributed by atoms with E-state index in [2.05, 4.69) is 5.32 Å². The third kappa shape index (κ3) is 4.46. The summed E-state index contributed by atoms with van der Waals surface area (Å²) in [6.07, 6.45) is 0. The van der Waals surface area contributed by atoms with Crippen LogP contribution in [0.25, 0.3) is 10.8 Å². The number of halogens is 1. The molecule has 1 N–H and O–H groups in total. The Kier molecular flexibility index (Phi) is 5.64. The van der Waals surface area contributed by atoms with E-state index in [9.17, 15) is 4.79 Å². The standard InChI is InChI=1S/C21H20ClNO3/c1-14(15-3-7-18(22)8-4-15)23-21(24)13-26-20-10-6-16-5-9-19(25-2)11-17(16)12-20/h3-12,14H,13H2,1-2H3,(H,23,24)/t14-/m1/s1. The number of hydrogen-bond donors (Lipinski definition) is 1. The molecule has 0 saturated carbocycles. The Morgan fingerprint density at radius 1 is 1.00 bits per heavy atom. The highest BCUT2D eigenvalue weighted by Gasteiger charge is 2.10. The Morgan fingerprint density at radius 3 is 2.35 bits per heavy atom. The monoisotopic (exact) mass is 369 g/mol. The van der Waals surface area contributed by atoms with Crippen LogP contribution in [0.4, 0.5) is 0 Å². The van der Waals surface area contributed by atoms with E-state index in [1.807, 2.05) is 55.5 Å². The van der Waals surface area contributed by atoms with Gasteiger partial charge in [0.25, 0.3) is 5.91 Å². The van der Waals surface area contributed by atoms with Crippen molar-refractivity contribution >= 4 is 28.3 Å². The first kappa shape index (κ1) is 18.1. The maximum Gasteiger partial charge on any atom is 0.258 e. The molecule has 0 fully saturated rings. The maximum absolute atomic E-state index is 12.1. The molecule has 0 unspecified atom stereocenters. The number of carbonyl (C=O) groups is 1. The molecule has 1 amide bonds. The average Bonchev–Trinajstić information content (AvgIpc) is 2.66. The zero-order chi connectivity index (χ0) is 18.5. The summed E-state index contributed by atoms with van der Waals surface area (Å²) in [6.45, 7) is 1.87. The molecule has 26 heavy (non-hydrogen) atoms. The lowest BCUT2D eigenvalue weighted by atomic mass is 10.1. The highest BCUT2D eigenvalue weighted by atomic mass is 35.5. The lowest BCUT2D eigenvalue weighted by Gasteiger charge is -2.15. The van der Waals surface area contributed by atoms with Gasteiger partial charge in [-0.25, -0.2) is 0 Å². The van der Waals surface area contributed by atoms with Gasteiger partial charge in [0.05, 0.1) is 13.2 Å². The highest BCUT2D eigenvalue weighted by Crippen LogP contribution is 2.25. The van der Waals surface area contributed by atoms with Gasteiger partial charge < -0.3 is 14.8 Å². The summed E-state index contributed by atoms with van der Waals surface area (Å²) in [5, 5.41) is 5.66. The van der Waals surface area contributed by atoms with Crippen molar-refractivity contribution in [2.45, 2.75) is 13.0 Å². The molecule has 0 bridgehead atoms. The zero-order valence-electron chi connectivity index (χ0n) is 14.7. The summed E-state index contributed by atoms with van der Waals surface area (Å²) in [7, 11) is 1.63. The molecule has 0 saturated heterocycles. The number of nitrogens with one attached hydrogen (secondary N) is 1. The van der Waals surface area contributed by atoms with Crippen molar-refractivity contribution in [1.29, 1.82) is 0 Å². The minimum Gasteiger partial charge on any atom is -0.497 e. The molecule has 3 rings (SSSR count). The largest absolute Gasteiger partial charge is 0.497 e. The van der Waals surface area contributed by atoms with E-state index in [0.717, 1.165) is 22.1 Å². The predicted molar refractivity (Wildman–Crippen MR) is 104 cm³/mol. The zero-order valence-corrected chi connectivity index (χ0v) is 15.4. The summed E-state index contributed by atoms with van der Waals surface area (Å²) < 4.78 is 10.9. The van der Waals surface area contributed by atoms with Crippen LogP contribution in [0.3, 0.4) is 0 Å². The molecule has 0 aliphatic rings. The molecule has 4 nitrogen and oxygen atoms in total. The van der Waals surface area contributed by atoms with Gasteiger partial charge in [-0.2, -0.15) is 0 Å². The van der Waals surface area contributed by atoms with E-state index < -0.39 is 0 Å². The summed E-state index contributed by atoms with van der Waals surface area (Å²) >= 11 is 5.88. The second-order valence-electron chi connectivity index (χ2n) is 6.00. The van der Waals surface area contributed by atoms with Crippen LogP contribution in [0.5, 0.6) is 11.5 Å². The molecule has 0 heterocycles. The fourth-order valence-electron chi connectivity index (χ4n) is 2.69. The Balaban J connectivity index is 1.60. The summed E-state index contributed by atoms with van der Waals surface area (Å²) in [4.78, 5) is 12.1. The number of amides is 1. The molecular formula is C21H20ClNO3. The van der Waals surface area contributed by atoms with Crippen molar-refractivity contribution in [3.05, 3.63) is 71.2 Å². The van der Waals surface area contributed by atoms with Crippen molar-refractivity contribution in [3.8, 4) is 11.5 Å². The maximum atomic E-state index is 12.1. The van der Waals surface area contributed by atoms with E-state index in [-0.39, 0.29) is 18.6 Å². The molecule has 5 heteroatoms. The molecule has 0 aliphatic heterocycles. The first-order valence-corrected chi connectivity index (χ1v) is 8.68. The SMILES string of the molecule is COc1ccc2ccc(OCC(=O)N[C@H](C)c3ccc(Cl)cc3)cc2c1. The van der Waals surface area contributed by atoms with Gasteiger partial charge in [-0.05, 0) is 59.7 Å². The van der Waals surface area contributed by atoms with Gasteiger partial charge in [0, 0.05) is 5.02 Å². The second kappa shape index (κ2) is 8.11. The summed E-state index contributed by atoms with van der Waals surface area (Å²) in [5.41, 5.74) is 0.987. The van der Waals surface area contributed by atoms with E-state index >= 15 is 0 Å². The smallest absolute Gasteiger partial charge is 0.258 e. The summed E-state index contributed by atoms with van der Waals surface area (Å²) in [6, 6.07) is 18.8. The molecule has 3 aromatic rings. The molecule has 0 aromatic heterocycles. The van der Waals surface area contributed by atoms with Crippen LogP contribution in [0.1, 0.15) is 18.5 Å². The third-order valence-electron chi connectivity index (χ3n) is 4.14. The van der Waals surface area contributed by atoms with Crippen LogP contribution in [0, 0.1) is 0 Å². The van der Waals surface area contributed by atoms with Crippen LogP contribution >= 0.6 is 11.6 Å². The molecule has 0 spiro atoms. The van der Waals surface area contributed by atoms with Gasteiger partial charge in [0.1, 0.15) is 11.5 Å². The number of hydrogen-bond acceptors (Lipinski definition) is 3. The molecule has 134 valence electrons. The molecule has 3 aromatic carbocycles. The minimum absolute atomic E-state index is 0.0482. The summed E-state index contributed by atoms with van der Waals surface area (Å²) in [5.74, 6) is 1.24. The lowest BCUT2D eigenvalue weighted by molar-refractivity contribution is -0.123. The van der Waals surface area contributed by atoms with Gasteiger partial charge in [-0.1, -0.05) is 35.9 Å². The highest BCUT2D eigenvalue weighted by molar-refractivity contribution is 6.30.